The zero-order chi connectivity index (χ0) is 8.27. The second-order valence-corrected chi connectivity index (χ2v) is 2.36. The second-order valence-electron chi connectivity index (χ2n) is 2.09. The molecule has 0 saturated heterocycles. The number of hydrogen-bond donors (Lipinski definition) is 1. The lowest BCUT2D eigenvalue weighted by Crippen LogP contribution is -2.11. The Kier molecular flexibility index (Phi) is 2.54. The average molecular weight is 174 g/mol. The van der Waals surface area contributed by atoms with E-state index < -0.39 is 0 Å². The Morgan fingerprint density at radius 3 is 2.91 bits per heavy atom. The van der Waals surface area contributed by atoms with E-state index in [1.807, 2.05) is 0 Å². The van der Waals surface area contributed by atoms with E-state index in [1.165, 1.54) is 0 Å². The van der Waals surface area contributed by atoms with Crippen molar-refractivity contribution in [2.45, 2.75) is 6.92 Å². The molecule has 0 saturated carbocycles. The van der Waals surface area contributed by atoms with E-state index in [9.17, 15) is 4.79 Å². The van der Waals surface area contributed by atoms with Crippen LogP contribution in [0.4, 0.5) is 5.88 Å². The number of hydrogen-bond acceptors (Lipinski definition) is 2. The molecule has 0 aliphatic carbocycles. The van der Waals surface area contributed by atoms with Crippen LogP contribution in [0.3, 0.4) is 0 Å². The molecule has 0 atom stereocenters. The van der Waals surface area contributed by atoms with Gasteiger partial charge in [0.2, 0.25) is 5.91 Å². The van der Waals surface area contributed by atoms with Crippen molar-refractivity contribution in [3.05, 3.63) is 17.9 Å². The van der Waals surface area contributed by atoms with Gasteiger partial charge in [-0.3, -0.25) is 10.1 Å². The van der Waals surface area contributed by atoms with Crippen molar-refractivity contribution >= 4 is 23.4 Å². The highest BCUT2D eigenvalue weighted by Crippen LogP contribution is 2.11. The summed E-state index contributed by atoms with van der Waals surface area (Å²) in [4.78, 5) is 10.7. The lowest BCUT2D eigenvalue weighted by atomic mass is 10.5. The van der Waals surface area contributed by atoms with E-state index in [0.717, 1.165) is 5.76 Å². The summed E-state index contributed by atoms with van der Waals surface area (Å²) in [5, 5.41) is 2.47. The molecule has 0 unspecified atom stereocenters. The maximum absolute atomic E-state index is 10.7. The van der Waals surface area contributed by atoms with Crippen LogP contribution in [0.2, 0.25) is 0 Å². The lowest BCUT2D eigenvalue weighted by molar-refractivity contribution is -0.114. The predicted octanol–water partition coefficient (Wildman–Crippen LogP) is 1.77. The summed E-state index contributed by atoms with van der Waals surface area (Å²) in [5.41, 5.74) is 0. The maximum Gasteiger partial charge on any atom is 0.241 e. The number of carbonyl (C=O) groups excluding carboxylic acids is 1. The third-order valence-electron chi connectivity index (χ3n) is 1.12. The Labute approximate surface area is 69.3 Å². The minimum atomic E-state index is -0.263. The molecule has 60 valence electrons. The van der Waals surface area contributed by atoms with Crippen LogP contribution in [-0.4, -0.2) is 11.8 Å². The summed E-state index contributed by atoms with van der Waals surface area (Å²) in [6, 6.07) is 3.45. The molecule has 11 heavy (non-hydrogen) atoms. The number of rotatable bonds is 2. The number of furan rings is 1. The van der Waals surface area contributed by atoms with Crippen LogP contribution in [0.5, 0.6) is 0 Å². The van der Waals surface area contributed by atoms with Crippen molar-refractivity contribution in [2.75, 3.05) is 11.2 Å². The van der Waals surface area contributed by atoms with Crippen LogP contribution in [0, 0.1) is 6.92 Å². The Hall–Kier alpha value is -0.960. The molecule has 1 aromatic heterocycles. The van der Waals surface area contributed by atoms with Gasteiger partial charge in [-0.15, -0.1) is 11.6 Å². The molecule has 0 aliphatic heterocycles. The number of halogens is 1. The standard InChI is InChI=1S/C7H8ClNO2/c1-5-2-3-7(11-5)9-6(10)4-8/h2-3H,4H2,1H3,(H,9,10). The van der Waals surface area contributed by atoms with Crippen LogP contribution in [0.15, 0.2) is 16.5 Å². The molecule has 0 fully saturated rings. The van der Waals surface area contributed by atoms with Gasteiger partial charge in [0.15, 0.2) is 5.88 Å². The smallest absolute Gasteiger partial charge is 0.241 e. The van der Waals surface area contributed by atoms with Gasteiger partial charge in [0.1, 0.15) is 11.6 Å². The van der Waals surface area contributed by atoms with E-state index in [2.05, 4.69) is 5.32 Å². The molecule has 1 amide bonds. The minimum absolute atomic E-state index is 0.0558. The lowest BCUT2D eigenvalue weighted by Gasteiger charge is -1.95. The van der Waals surface area contributed by atoms with Crippen molar-refractivity contribution in [1.29, 1.82) is 0 Å². The maximum atomic E-state index is 10.7. The van der Waals surface area contributed by atoms with Gasteiger partial charge in [0.05, 0.1) is 0 Å². The predicted molar refractivity (Wildman–Crippen MR) is 42.8 cm³/mol. The van der Waals surface area contributed by atoms with Gasteiger partial charge in [-0.05, 0) is 13.0 Å². The molecular weight excluding hydrogens is 166 g/mol. The molecule has 1 aromatic rings. The molecule has 0 aromatic carbocycles. The summed E-state index contributed by atoms with van der Waals surface area (Å²) in [7, 11) is 0. The van der Waals surface area contributed by atoms with Gasteiger partial charge in [-0.25, -0.2) is 0 Å². The molecule has 0 bridgehead atoms. The van der Waals surface area contributed by atoms with Crippen LogP contribution >= 0.6 is 11.6 Å². The Balaban J connectivity index is 2.57. The molecule has 0 spiro atoms. The molecule has 3 nitrogen and oxygen atoms in total. The fourth-order valence-corrected chi connectivity index (χ4v) is 0.739. The highest BCUT2D eigenvalue weighted by atomic mass is 35.5. The molecular formula is C7H8ClNO2. The van der Waals surface area contributed by atoms with Crippen molar-refractivity contribution in [3.8, 4) is 0 Å². The highest BCUT2D eigenvalue weighted by Gasteiger charge is 2.01. The van der Waals surface area contributed by atoms with E-state index in [0.29, 0.717) is 5.88 Å². The van der Waals surface area contributed by atoms with E-state index in [-0.39, 0.29) is 11.8 Å². The normalized spacial score (nSPS) is 9.64. The zero-order valence-electron chi connectivity index (χ0n) is 6.06. The van der Waals surface area contributed by atoms with Crippen LogP contribution < -0.4 is 5.32 Å². The van der Waals surface area contributed by atoms with E-state index in [4.69, 9.17) is 16.0 Å². The molecule has 1 heterocycles. The zero-order valence-corrected chi connectivity index (χ0v) is 6.81. The van der Waals surface area contributed by atoms with Gasteiger partial charge in [0, 0.05) is 6.07 Å². The van der Waals surface area contributed by atoms with Crippen LogP contribution in [-0.2, 0) is 4.79 Å². The van der Waals surface area contributed by atoms with Gasteiger partial charge >= 0.3 is 0 Å². The van der Waals surface area contributed by atoms with Gasteiger partial charge in [-0.2, -0.15) is 0 Å². The topological polar surface area (TPSA) is 42.2 Å². The van der Waals surface area contributed by atoms with Crippen LogP contribution in [0.1, 0.15) is 5.76 Å². The Morgan fingerprint density at radius 1 is 1.73 bits per heavy atom. The second kappa shape index (κ2) is 3.44. The third-order valence-corrected chi connectivity index (χ3v) is 1.37. The third kappa shape index (κ3) is 2.27. The molecule has 4 heteroatoms. The number of nitrogens with one attached hydrogen (secondary N) is 1. The molecule has 0 radical (unpaired) electrons. The summed E-state index contributed by atoms with van der Waals surface area (Å²) < 4.78 is 5.07. The minimum Gasteiger partial charge on any atom is -0.446 e. The first-order chi connectivity index (χ1) is 5.22. The van der Waals surface area contributed by atoms with Crippen molar-refractivity contribution in [3.63, 3.8) is 0 Å². The highest BCUT2D eigenvalue weighted by molar-refractivity contribution is 6.28. The summed E-state index contributed by atoms with van der Waals surface area (Å²) in [5.74, 6) is 0.878. The van der Waals surface area contributed by atoms with E-state index >= 15 is 0 Å². The average Bonchev–Trinajstić information content (AvgIpc) is 2.35. The summed E-state index contributed by atoms with van der Waals surface area (Å²) in [6.45, 7) is 1.80. The first-order valence-electron chi connectivity index (χ1n) is 3.14. The monoisotopic (exact) mass is 173 g/mol. The van der Waals surface area contributed by atoms with Crippen molar-refractivity contribution < 1.29 is 9.21 Å². The first-order valence-corrected chi connectivity index (χ1v) is 3.68. The van der Waals surface area contributed by atoms with Gasteiger partial charge < -0.3 is 4.42 Å². The van der Waals surface area contributed by atoms with Gasteiger partial charge in [0.25, 0.3) is 0 Å². The largest absolute Gasteiger partial charge is 0.446 e. The number of anilines is 1. The fourth-order valence-electron chi connectivity index (χ4n) is 0.673. The number of carbonyl (C=O) groups is 1. The van der Waals surface area contributed by atoms with Gasteiger partial charge in [-0.1, -0.05) is 0 Å². The summed E-state index contributed by atoms with van der Waals surface area (Å²) >= 11 is 5.25. The fraction of sp³-hybridized carbons (Fsp3) is 0.286. The number of aryl methyl sites for hydroxylation is 1. The number of alkyl halides is 1. The van der Waals surface area contributed by atoms with Crippen molar-refractivity contribution in [1.82, 2.24) is 0 Å². The Morgan fingerprint density at radius 2 is 2.45 bits per heavy atom. The molecule has 1 rings (SSSR count). The van der Waals surface area contributed by atoms with Crippen molar-refractivity contribution in [2.24, 2.45) is 0 Å². The van der Waals surface area contributed by atoms with E-state index in [1.54, 1.807) is 19.1 Å². The Bertz CT molecular complexity index is 257. The van der Waals surface area contributed by atoms with Crippen LogP contribution in [0.25, 0.3) is 0 Å². The number of amides is 1. The summed E-state index contributed by atoms with van der Waals surface area (Å²) in [6.07, 6.45) is 0. The molecule has 0 aliphatic rings. The first kappa shape index (κ1) is 8.14. The quantitative estimate of drug-likeness (QED) is 0.693. The SMILES string of the molecule is Cc1ccc(NC(=O)CCl)o1. The molecule has 1 N–H and O–H groups in total.